The highest BCUT2D eigenvalue weighted by molar-refractivity contribution is 6.36. The van der Waals surface area contributed by atoms with E-state index in [1.807, 2.05) is 27.7 Å². The summed E-state index contributed by atoms with van der Waals surface area (Å²) in [5, 5.41) is 4.35. The van der Waals surface area contributed by atoms with E-state index in [9.17, 15) is 9.59 Å². The quantitative estimate of drug-likeness (QED) is 0.498. The average molecular weight is 486 g/mol. The van der Waals surface area contributed by atoms with Crippen molar-refractivity contribution in [1.82, 2.24) is 10.2 Å². The first-order valence-corrected chi connectivity index (χ1v) is 11.2. The lowest BCUT2D eigenvalue weighted by Gasteiger charge is -2.31. The Balaban J connectivity index is 2.29. The fourth-order valence-corrected chi connectivity index (χ4v) is 3.72. The number of hydrogen-bond acceptors (Lipinski definition) is 3. The van der Waals surface area contributed by atoms with Gasteiger partial charge >= 0.3 is 0 Å². The van der Waals surface area contributed by atoms with E-state index < -0.39 is 6.04 Å². The van der Waals surface area contributed by atoms with Crippen molar-refractivity contribution in [3.63, 3.8) is 0 Å². The Bertz CT molecular complexity index is 914. The van der Waals surface area contributed by atoms with Gasteiger partial charge in [0.15, 0.2) is 6.61 Å². The summed E-state index contributed by atoms with van der Waals surface area (Å²) in [6.45, 7) is 7.29. The third kappa shape index (κ3) is 7.03. The third-order valence-corrected chi connectivity index (χ3v) is 5.83. The Labute approximate surface area is 198 Å². The molecular weight excluding hydrogens is 459 g/mol. The van der Waals surface area contributed by atoms with Crippen LogP contribution in [0.25, 0.3) is 0 Å². The predicted molar refractivity (Wildman–Crippen MR) is 126 cm³/mol. The second-order valence-corrected chi connectivity index (χ2v) is 8.73. The summed E-state index contributed by atoms with van der Waals surface area (Å²) in [5.41, 5.74) is 1.42. The maximum absolute atomic E-state index is 13.2. The molecule has 2 aromatic carbocycles. The third-order valence-electron chi connectivity index (χ3n) is 4.70. The Morgan fingerprint density at radius 3 is 2.26 bits per heavy atom. The molecule has 0 aliphatic rings. The zero-order valence-electron chi connectivity index (χ0n) is 18.0. The van der Waals surface area contributed by atoms with E-state index in [-0.39, 0.29) is 31.0 Å². The molecule has 0 saturated heterocycles. The van der Waals surface area contributed by atoms with Crippen LogP contribution in [0.1, 0.15) is 38.3 Å². The molecule has 0 radical (unpaired) electrons. The molecule has 168 valence electrons. The fraction of sp³-hybridized carbons (Fsp3) is 0.391. The van der Waals surface area contributed by atoms with Gasteiger partial charge in [-0.1, -0.05) is 47.8 Å². The SMILES string of the molecule is CCC(C(=O)NC(C)C)N(Cc1c(Cl)cccc1Cl)C(=O)COc1ccc(Cl)c(C)c1. The summed E-state index contributed by atoms with van der Waals surface area (Å²) in [5.74, 6) is -0.0728. The molecule has 0 heterocycles. The van der Waals surface area contributed by atoms with Crippen LogP contribution in [0.3, 0.4) is 0 Å². The number of carbonyl (C=O) groups is 2. The summed E-state index contributed by atoms with van der Waals surface area (Å²) in [6, 6.07) is 9.54. The molecule has 0 fully saturated rings. The average Bonchev–Trinajstić information content (AvgIpc) is 2.70. The van der Waals surface area contributed by atoms with Gasteiger partial charge in [0.1, 0.15) is 11.8 Å². The standard InChI is InChI=1S/C23H27Cl3N2O3/c1-5-21(23(30)27-14(2)3)28(12-17-19(25)7-6-8-20(17)26)22(29)13-31-16-9-10-18(24)15(4)11-16/h6-11,14,21H,5,12-13H2,1-4H3,(H,27,30). The van der Waals surface area contributed by atoms with E-state index in [0.29, 0.717) is 32.8 Å². The van der Waals surface area contributed by atoms with Gasteiger partial charge in [-0.2, -0.15) is 0 Å². The molecule has 2 amide bonds. The second-order valence-electron chi connectivity index (χ2n) is 7.51. The van der Waals surface area contributed by atoms with Crippen LogP contribution in [0.2, 0.25) is 15.1 Å². The smallest absolute Gasteiger partial charge is 0.261 e. The number of rotatable bonds is 9. The van der Waals surface area contributed by atoms with Gasteiger partial charge in [0.05, 0.1) is 0 Å². The van der Waals surface area contributed by atoms with E-state index in [0.717, 1.165) is 5.56 Å². The highest BCUT2D eigenvalue weighted by atomic mass is 35.5. The zero-order valence-corrected chi connectivity index (χ0v) is 20.3. The molecule has 1 N–H and O–H groups in total. The lowest BCUT2D eigenvalue weighted by atomic mass is 10.1. The van der Waals surface area contributed by atoms with Gasteiger partial charge in [-0.3, -0.25) is 9.59 Å². The first-order valence-electron chi connectivity index (χ1n) is 10.1. The normalized spacial score (nSPS) is 11.9. The minimum atomic E-state index is -0.696. The molecular formula is C23H27Cl3N2O3. The summed E-state index contributed by atoms with van der Waals surface area (Å²) in [4.78, 5) is 27.5. The van der Waals surface area contributed by atoms with E-state index in [4.69, 9.17) is 39.5 Å². The fourth-order valence-electron chi connectivity index (χ4n) is 3.09. The molecule has 0 bridgehead atoms. The first kappa shape index (κ1) is 25.3. The van der Waals surface area contributed by atoms with E-state index in [2.05, 4.69) is 5.32 Å². The number of amides is 2. The molecule has 2 rings (SSSR count). The van der Waals surface area contributed by atoms with Gasteiger partial charge in [-0.25, -0.2) is 0 Å². The van der Waals surface area contributed by atoms with Gasteiger partial charge in [0.2, 0.25) is 5.91 Å². The Kier molecular flexibility index (Phi) is 9.48. The topological polar surface area (TPSA) is 58.6 Å². The highest BCUT2D eigenvalue weighted by Gasteiger charge is 2.30. The maximum Gasteiger partial charge on any atom is 0.261 e. The van der Waals surface area contributed by atoms with E-state index in [1.54, 1.807) is 36.4 Å². The summed E-state index contributed by atoms with van der Waals surface area (Å²) >= 11 is 18.7. The van der Waals surface area contributed by atoms with Crippen LogP contribution in [0.5, 0.6) is 5.75 Å². The highest BCUT2D eigenvalue weighted by Crippen LogP contribution is 2.27. The van der Waals surface area contributed by atoms with Gasteiger partial charge in [-0.15, -0.1) is 0 Å². The van der Waals surface area contributed by atoms with Crippen molar-refractivity contribution < 1.29 is 14.3 Å². The number of aryl methyl sites for hydroxylation is 1. The van der Waals surface area contributed by atoms with Crippen molar-refractivity contribution in [3.8, 4) is 5.75 Å². The lowest BCUT2D eigenvalue weighted by molar-refractivity contribution is -0.143. The van der Waals surface area contributed by atoms with Gasteiger partial charge < -0.3 is 15.0 Å². The van der Waals surface area contributed by atoms with Crippen LogP contribution < -0.4 is 10.1 Å². The van der Waals surface area contributed by atoms with Gasteiger partial charge in [-0.05, 0) is 63.1 Å². The van der Waals surface area contributed by atoms with Gasteiger partial charge in [0, 0.05) is 33.2 Å². The number of nitrogens with one attached hydrogen (secondary N) is 1. The maximum atomic E-state index is 13.2. The van der Waals surface area contributed by atoms with Crippen molar-refractivity contribution in [2.45, 2.75) is 52.7 Å². The molecule has 2 aromatic rings. The molecule has 1 unspecified atom stereocenters. The molecule has 5 nitrogen and oxygen atoms in total. The van der Waals surface area contributed by atoms with Crippen molar-refractivity contribution in [2.24, 2.45) is 0 Å². The second kappa shape index (κ2) is 11.6. The first-order chi connectivity index (χ1) is 14.6. The molecule has 1 atom stereocenters. The molecule has 31 heavy (non-hydrogen) atoms. The minimum Gasteiger partial charge on any atom is -0.484 e. The number of halogens is 3. The minimum absolute atomic E-state index is 0.0595. The Hall–Kier alpha value is -1.95. The Morgan fingerprint density at radius 1 is 1.06 bits per heavy atom. The van der Waals surface area contributed by atoms with Crippen LogP contribution in [0.4, 0.5) is 0 Å². The van der Waals surface area contributed by atoms with Crippen LogP contribution >= 0.6 is 34.8 Å². The monoisotopic (exact) mass is 484 g/mol. The Morgan fingerprint density at radius 2 is 1.71 bits per heavy atom. The van der Waals surface area contributed by atoms with Crippen LogP contribution in [0.15, 0.2) is 36.4 Å². The van der Waals surface area contributed by atoms with Crippen molar-refractivity contribution >= 4 is 46.6 Å². The van der Waals surface area contributed by atoms with Crippen molar-refractivity contribution in [2.75, 3.05) is 6.61 Å². The largest absolute Gasteiger partial charge is 0.484 e. The molecule has 0 spiro atoms. The summed E-state index contributed by atoms with van der Waals surface area (Å²) in [7, 11) is 0. The van der Waals surface area contributed by atoms with Crippen molar-refractivity contribution in [1.29, 1.82) is 0 Å². The van der Waals surface area contributed by atoms with Crippen LogP contribution in [0, 0.1) is 6.92 Å². The zero-order chi connectivity index (χ0) is 23.1. The number of nitrogens with zero attached hydrogens (tertiary/aromatic N) is 1. The van der Waals surface area contributed by atoms with E-state index in [1.165, 1.54) is 4.90 Å². The van der Waals surface area contributed by atoms with Crippen molar-refractivity contribution in [3.05, 3.63) is 62.6 Å². The van der Waals surface area contributed by atoms with Gasteiger partial charge in [0.25, 0.3) is 5.91 Å². The van der Waals surface area contributed by atoms with E-state index >= 15 is 0 Å². The molecule has 0 aliphatic carbocycles. The van der Waals surface area contributed by atoms with Crippen LogP contribution in [-0.4, -0.2) is 35.4 Å². The summed E-state index contributed by atoms with van der Waals surface area (Å²) < 4.78 is 5.69. The number of carbonyl (C=O) groups excluding carboxylic acids is 2. The number of benzene rings is 2. The summed E-state index contributed by atoms with van der Waals surface area (Å²) in [6.07, 6.45) is 0.423. The predicted octanol–water partition coefficient (Wildman–Crippen LogP) is 5.67. The molecule has 8 heteroatoms. The molecule has 0 saturated carbocycles. The lowest BCUT2D eigenvalue weighted by Crippen LogP contribution is -2.51. The number of ether oxygens (including phenoxy) is 1. The molecule has 0 aromatic heterocycles. The van der Waals surface area contributed by atoms with Crippen LogP contribution in [-0.2, 0) is 16.1 Å². The number of hydrogen-bond donors (Lipinski definition) is 1. The molecule has 0 aliphatic heterocycles.